The molecule has 0 aliphatic carbocycles. The minimum atomic E-state index is -4.70. The van der Waals surface area contributed by atoms with Crippen molar-refractivity contribution >= 4 is 11.5 Å². The molecule has 12 heteroatoms. The van der Waals surface area contributed by atoms with Crippen molar-refractivity contribution in [2.24, 2.45) is 0 Å². The summed E-state index contributed by atoms with van der Waals surface area (Å²) in [4.78, 5) is 18.5. The molecule has 9 nitrogen and oxygen atoms in total. The van der Waals surface area contributed by atoms with Gasteiger partial charge < -0.3 is 24.5 Å². The van der Waals surface area contributed by atoms with E-state index in [2.05, 4.69) is 19.5 Å². The molecule has 0 bridgehead atoms. The first-order valence-electron chi connectivity index (χ1n) is 9.34. The van der Waals surface area contributed by atoms with Crippen molar-refractivity contribution in [2.75, 3.05) is 37.6 Å². The number of piperazine rings is 1. The van der Waals surface area contributed by atoms with Gasteiger partial charge in [0, 0.05) is 43.4 Å². The number of aromatic nitrogens is 2. The van der Waals surface area contributed by atoms with Gasteiger partial charge in [0.05, 0.1) is 6.54 Å². The molecule has 162 valence electrons. The third-order valence-corrected chi connectivity index (χ3v) is 5.12. The zero-order valence-corrected chi connectivity index (χ0v) is 16.1. The number of alkyl halides is 3. The van der Waals surface area contributed by atoms with E-state index >= 15 is 0 Å². The molecule has 0 N–H and O–H groups in total. The number of halogens is 3. The Morgan fingerprint density at radius 1 is 1.23 bits per heavy atom. The molecular weight excluding hydrogens is 407 g/mol. The van der Waals surface area contributed by atoms with Gasteiger partial charge in [0.2, 0.25) is 0 Å². The van der Waals surface area contributed by atoms with Gasteiger partial charge in [-0.1, -0.05) is 0 Å². The van der Waals surface area contributed by atoms with Crippen molar-refractivity contribution in [1.82, 2.24) is 14.5 Å². The quantitative estimate of drug-likeness (QED) is 0.536. The van der Waals surface area contributed by atoms with E-state index < -0.39 is 16.9 Å². The molecule has 0 saturated carbocycles. The lowest BCUT2D eigenvalue weighted by Crippen LogP contribution is -2.52. The first-order chi connectivity index (χ1) is 14.1. The minimum Gasteiger partial charge on any atom is -0.436 e. The van der Waals surface area contributed by atoms with E-state index in [1.807, 2.05) is 6.92 Å². The standard InChI is InChI=1S/C18H20F3N5O4/c1-17(12-25-10-15(26(27)28)22-16(25)30-17)11-23-6-8-24(9-7-23)13-2-4-14(5-3-13)29-18(19,20)21/h2-5,10H,6-9,11-12H2,1H3/t17-/m1/s1. The summed E-state index contributed by atoms with van der Waals surface area (Å²) in [6.07, 6.45) is -3.32. The van der Waals surface area contributed by atoms with Crippen LogP contribution < -0.4 is 14.4 Å². The molecule has 1 aromatic heterocycles. The predicted molar refractivity (Wildman–Crippen MR) is 99.7 cm³/mol. The summed E-state index contributed by atoms with van der Waals surface area (Å²) in [6.45, 7) is 5.99. The van der Waals surface area contributed by atoms with Gasteiger partial charge in [-0.3, -0.25) is 9.47 Å². The van der Waals surface area contributed by atoms with E-state index in [1.165, 1.54) is 18.3 Å². The molecule has 0 radical (unpaired) electrons. The normalized spacial score (nSPS) is 21.9. The van der Waals surface area contributed by atoms with Crippen molar-refractivity contribution in [3.63, 3.8) is 0 Å². The van der Waals surface area contributed by atoms with Crippen LogP contribution in [0.3, 0.4) is 0 Å². The SMILES string of the molecule is C[C@@]1(CN2CCN(c3ccc(OC(F)(F)F)cc3)CC2)Cn2cc([N+](=O)[O-])nc2O1. The Morgan fingerprint density at radius 3 is 2.47 bits per heavy atom. The number of anilines is 1. The topological polar surface area (TPSA) is 85.9 Å². The first-order valence-corrected chi connectivity index (χ1v) is 9.34. The fourth-order valence-corrected chi connectivity index (χ4v) is 3.86. The molecule has 2 aliphatic heterocycles. The van der Waals surface area contributed by atoms with Crippen molar-refractivity contribution in [3.8, 4) is 11.8 Å². The number of nitro groups is 1. The van der Waals surface area contributed by atoms with Crippen molar-refractivity contribution in [1.29, 1.82) is 0 Å². The number of fused-ring (bicyclic) bond motifs is 1. The fourth-order valence-electron chi connectivity index (χ4n) is 3.86. The number of ether oxygens (including phenoxy) is 2. The molecule has 0 amide bonds. The summed E-state index contributed by atoms with van der Waals surface area (Å²) in [7, 11) is 0. The highest BCUT2D eigenvalue weighted by Gasteiger charge is 2.41. The van der Waals surface area contributed by atoms with Gasteiger partial charge in [0.1, 0.15) is 17.5 Å². The summed E-state index contributed by atoms with van der Waals surface area (Å²) < 4.78 is 48.3. The van der Waals surface area contributed by atoms with Gasteiger partial charge in [0.25, 0.3) is 0 Å². The molecule has 3 heterocycles. The second kappa shape index (κ2) is 7.35. The lowest BCUT2D eigenvalue weighted by molar-refractivity contribution is -0.389. The van der Waals surface area contributed by atoms with Gasteiger partial charge in [-0.25, -0.2) is 0 Å². The van der Waals surface area contributed by atoms with Crippen molar-refractivity contribution in [3.05, 3.63) is 40.6 Å². The summed E-state index contributed by atoms with van der Waals surface area (Å²) in [6, 6.07) is 6.10. The third-order valence-electron chi connectivity index (χ3n) is 5.12. The Kier molecular flexibility index (Phi) is 4.96. The van der Waals surface area contributed by atoms with Crippen LogP contribution in [0.2, 0.25) is 0 Å². The number of nitrogens with zero attached hydrogens (tertiary/aromatic N) is 5. The molecule has 30 heavy (non-hydrogen) atoms. The van der Waals surface area contributed by atoms with Crippen LogP contribution in [0.15, 0.2) is 30.5 Å². The average Bonchev–Trinajstić information content (AvgIpc) is 3.17. The summed E-state index contributed by atoms with van der Waals surface area (Å²) in [5.41, 5.74) is 0.302. The van der Waals surface area contributed by atoms with Gasteiger partial charge >= 0.3 is 18.2 Å². The average molecular weight is 427 g/mol. The number of hydrogen-bond donors (Lipinski definition) is 0. The van der Waals surface area contributed by atoms with Gasteiger partial charge in [0.15, 0.2) is 0 Å². The Hall–Kier alpha value is -3.02. The van der Waals surface area contributed by atoms with E-state index in [0.717, 1.165) is 18.8 Å². The molecule has 4 rings (SSSR count). The molecular formula is C18H20F3N5O4. The van der Waals surface area contributed by atoms with Crippen LogP contribution >= 0.6 is 0 Å². The Bertz CT molecular complexity index is 899. The molecule has 1 saturated heterocycles. The molecule has 0 unspecified atom stereocenters. The van der Waals surface area contributed by atoms with Crippen LogP contribution in [0, 0.1) is 10.1 Å². The number of hydrogen-bond acceptors (Lipinski definition) is 7. The van der Waals surface area contributed by atoms with E-state index in [0.29, 0.717) is 26.2 Å². The number of rotatable bonds is 5. The number of imidazole rings is 1. The van der Waals surface area contributed by atoms with Crippen LogP contribution in [0.5, 0.6) is 11.8 Å². The largest absolute Gasteiger partial charge is 0.573 e. The highest BCUT2D eigenvalue weighted by atomic mass is 19.4. The molecule has 1 aromatic carbocycles. The van der Waals surface area contributed by atoms with E-state index in [4.69, 9.17) is 4.74 Å². The van der Waals surface area contributed by atoms with Crippen molar-refractivity contribution < 1.29 is 27.6 Å². The summed E-state index contributed by atoms with van der Waals surface area (Å²) in [5, 5.41) is 10.8. The Balaban J connectivity index is 1.29. The molecule has 1 fully saturated rings. The fraction of sp³-hybridized carbons (Fsp3) is 0.500. The lowest BCUT2D eigenvalue weighted by atomic mass is 10.1. The van der Waals surface area contributed by atoms with Crippen LogP contribution in [0.25, 0.3) is 0 Å². The highest BCUT2D eigenvalue weighted by molar-refractivity contribution is 5.49. The zero-order chi connectivity index (χ0) is 21.5. The van der Waals surface area contributed by atoms with Crippen LogP contribution in [-0.4, -0.2) is 64.1 Å². The second-order valence-corrected chi connectivity index (χ2v) is 7.62. The maximum Gasteiger partial charge on any atom is 0.573 e. The van der Waals surface area contributed by atoms with E-state index in [-0.39, 0.29) is 17.6 Å². The zero-order valence-electron chi connectivity index (χ0n) is 16.1. The maximum absolute atomic E-state index is 12.3. The highest BCUT2D eigenvalue weighted by Crippen LogP contribution is 2.32. The van der Waals surface area contributed by atoms with Crippen LogP contribution in [0.1, 0.15) is 6.92 Å². The van der Waals surface area contributed by atoms with Gasteiger partial charge in [-0.15, -0.1) is 13.2 Å². The lowest BCUT2D eigenvalue weighted by Gasteiger charge is -2.39. The predicted octanol–water partition coefficient (Wildman–Crippen LogP) is 2.66. The monoisotopic (exact) mass is 427 g/mol. The maximum atomic E-state index is 12.3. The Morgan fingerprint density at radius 2 is 1.90 bits per heavy atom. The molecule has 2 aromatic rings. The Labute approximate surface area is 169 Å². The van der Waals surface area contributed by atoms with Gasteiger partial charge in [-0.2, -0.15) is 0 Å². The van der Waals surface area contributed by atoms with Crippen molar-refractivity contribution in [2.45, 2.75) is 25.4 Å². The van der Waals surface area contributed by atoms with E-state index in [9.17, 15) is 23.3 Å². The van der Waals surface area contributed by atoms with Crippen LogP contribution in [-0.2, 0) is 6.54 Å². The molecule has 2 aliphatic rings. The molecule has 0 spiro atoms. The van der Waals surface area contributed by atoms with E-state index in [1.54, 1.807) is 16.7 Å². The minimum absolute atomic E-state index is 0.229. The first kappa shape index (κ1) is 20.3. The van der Waals surface area contributed by atoms with Gasteiger partial charge in [-0.05, 0) is 36.1 Å². The smallest absolute Gasteiger partial charge is 0.436 e. The number of benzene rings is 1. The third kappa shape index (κ3) is 4.42. The summed E-state index contributed by atoms with van der Waals surface area (Å²) >= 11 is 0. The second-order valence-electron chi connectivity index (χ2n) is 7.62. The molecule has 1 atom stereocenters. The summed E-state index contributed by atoms with van der Waals surface area (Å²) in [5.74, 6) is -0.471. The van der Waals surface area contributed by atoms with Crippen LogP contribution in [0.4, 0.5) is 24.7 Å².